The summed E-state index contributed by atoms with van der Waals surface area (Å²) in [6, 6.07) is 9.12. The van der Waals surface area contributed by atoms with Crippen molar-refractivity contribution in [1.29, 1.82) is 0 Å². The molecule has 25 heavy (non-hydrogen) atoms. The standard InChI is InChI=1S/C16H15FN3O4P/c1-24-15-5-3-11-13(6-7-18-16(11)20-15)19-14-4-2-10(8-12(14)17)9-25(21,22)23/h2-8H,9H2,1H3,(H,18,19,20)(H2,21,22,23). The van der Waals surface area contributed by atoms with Crippen LogP contribution in [0.2, 0.25) is 0 Å². The summed E-state index contributed by atoms with van der Waals surface area (Å²) in [5.74, 6) is -0.192. The maximum Gasteiger partial charge on any atom is 0.329 e. The Hall–Kier alpha value is -2.54. The van der Waals surface area contributed by atoms with E-state index in [-0.39, 0.29) is 11.3 Å². The second kappa shape index (κ2) is 6.76. The summed E-state index contributed by atoms with van der Waals surface area (Å²) < 4.78 is 30.3. The van der Waals surface area contributed by atoms with Crippen molar-refractivity contribution in [3.8, 4) is 5.88 Å². The molecule has 0 saturated heterocycles. The minimum Gasteiger partial charge on any atom is -0.481 e. The zero-order valence-corrected chi connectivity index (χ0v) is 14.1. The molecular weight excluding hydrogens is 348 g/mol. The number of benzene rings is 1. The van der Waals surface area contributed by atoms with Crippen LogP contribution < -0.4 is 10.1 Å². The van der Waals surface area contributed by atoms with Crippen molar-refractivity contribution in [3.63, 3.8) is 0 Å². The van der Waals surface area contributed by atoms with Crippen LogP contribution in [-0.2, 0) is 10.7 Å². The Morgan fingerprint density at radius 2 is 2.00 bits per heavy atom. The summed E-state index contributed by atoms with van der Waals surface area (Å²) in [6.07, 6.45) is 1.03. The van der Waals surface area contributed by atoms with Gasteiger partial charge in [0.1, 0.15) is 5.82 Å². The maximum absolute atomic E-state index is 14.3. The highest BCUT2D eigenvalue weighted by Crippen LogP contribution is 2.39. The molecule has 2 heterocycles. The number of fused-ring (bicyclic) bond motifs is 1. The van der Waals surface area contributed by atoms with Gasteiger partial charge in [0.2, 0.25) is 5.88 Å². The predicted molar refractivity (Wildman–Crippen MR) is 91.5 cm³/mol. The van der Waals surface area contributed by atoms with Crippen LogP contribution in [0.15, 0.2) is 42.6 Å². The smallest absolute Gasteiger partial charge is 0.329 e. The number of nitrogens with one attached hydrogen (secondary N) is 1. The molecule has 3 rings (SSSR count). The molecule has 0 aliphatic rings. The van der Waals surface area contributed by atoms with Crippen molar-refractivity contribution < 1.29 is 23.5 Å². The second-order valence-corrected chi connectivity index (χ2v) is 6.99. The number of rotatable bonds is 5. The molecule has 0 fully saturated rings. The zero-order chi connectivity index (χ0) is 18.0. The molecule has 7 nitrogen and oxygen atoms in total. The van der Waals surface area contributed by atoms with Crippen molar-refractivity contribution in [3.05, 3.63) is 54.0 Å². The van der Waals surface area contributed by atoms with Crippen LogP contribution in [0.3, 0.4) is 0 Å². The first-order valence-corrected chi connectivity index (χ1v) is 9.05. The maximum atomic E-state index is 14.3. The van der Waals surface area contributed by atoms with Crippen molar-refractivity contribution in [2.24, 2.45) is 0 Å². The van der Waals surface area contributed by atoms with E-state index in [9.17, 15) is 8.96 Å². The van der Waals surface area contributed by atoms with Crippen LogP contribution in [-0.4, -0.2) is 26.9 Å². The third kappa shape index (κ3) is 4.11. The molecule has 3 aromatic rings. The number of hydrogen-bond acceptors (Lipinski definition) is 5. The van der Waals surface area contributed by atoms with E-state index in [4.69, 9.17) is 14.5 Å². The number of halogens is 1. The van der Waals surface area contributed by atoms with Crippen LogP contribution >= 0.6 is 7.60 Å². The summed E-state index contributed by atoms with van der Waals surface area (Å²) in [5, 5.41) is 3.64. The van der Waals surface area contributed by atoms with Gasteiger partial charge in [-0.3, -0.25) is 4.57 Å². The van der Waals surface area contributed by atoms with Crippen molar-refractivity contribution in [1.82, 2.24) is 9.97 Å². The van der Waals surface area contributed by atoms with Gasteiger partial charge in [0.15, 0.2) is 5.65 Å². The summed E-state index contributed by atoms with van der Waals surface area (Å²) >= 11 is 0. The molecule has 130 valence electrons. The number of hydrogen-bond donors (Lipinski definition) is 3. The van der Waals surface area contributed by atoms with Crippen LogP contribution in [0.25, 0.3) is 11.0 Å². The zero-order valence-electron chi connectivity index (χ0n) is 13.2. The van der Waals surface area contributed by atoms with E-state index in [2.05, 4.69) is 15.3 Å². The van der Waals surface area contributed by atoms with Crippen molar-refractivity contribution in [2.75, 3.05) is 12.4 Å². The van der Waals surface area contributed by atoms with Gasteiger partial charge in [-0.2, -0.15) is 4.98 Å². The largest absolute Gasteiger partial charge is 0.481 e. The van der Waals surface area contributed by atoms with E-state index in [0.717, 1.165) is 6.07 Å². The van der Waals surface area contributed by atoms with Gasteiger partial charge in [-0.05, 0) is 29.8 Å². The van der Waals surface area contributed by atoms with Crippen LogP contribution in [0, 0.1) is 5.82 Å². The van der Waals surface area contributed by atoms with Crippen LogP contribution in [0.1, 0.15) is 5.56 Å². The molecule has 3 N–H and O–H groups in total. The lowest BCUT2D eigenvalue weighted by Crippen LogP contribution is -1.98. The Morgan fingerprint density at radius 3 is 2.68 bits per heavy atom. The molecule has 0 saturated carbocycles. The minimum atomic E-state index is -4.24. The Morgan fingerprint density at radius 1 is 1.20 bits per heavy atom. The highest BCUT2D eigenvalue weighted by molar-refractivity contribution is 7.50. The highest BCUT2D eigenvalue weighted by atomic mass is 31.2. The van der Waals surface area contributed by atoms with Gasteiger partial charge < -0.3 is 19.8 Å². The van der Waals surface area contributed by atoms with E-state index < -0.39 is 19.6 Å². The predicted octanol–water partition coefficient (Wildman–Crippen LogP) is 3.20. The number of pyridine rings is 2. The molecule has 1 aromatic carbocycles. The third-order valence-corrected chi connectivity index (χ3v) is 4.26. The van der Waals surface area contributed by atoms with Gasteiger partial charge in [0.25, 0.3) is 0 Å². The summed E-state index contributed by atoms with van der Waals surface area (Å²) in [4.78, 5) is 26.3. The van der Waals surface area contributed by atoms with Gasteiger partial charge in [-0.1, -0.05) is 6.07 Å². The minimum absolute atomic E-state index is 0.178. The fraction of sp³-hybridized carbons (Fsp3) is 0.125. The Bertz CT molecular complexity index is 977. The van der Waals surface area contributed by atoms with E-state index in [1.54, 1.807) is 18.2 Å². The van der Waals surface area contributed by atoms with Crippen molar-refractivity contribution in [2.45, 2.75) is 6.16 Å². The molecule has 0 spiro atoms. The Kier molecular flexibility index (Phi) is 4.67. The van der Waals surface area contributed by atoms with Gasteiger partial charge in [-0.25, -0.2) is 9.37 Å². The summed E-state index contributed by atoms with van der Waals surface area (Å²) in [6.45, 7) is 0. The molecule has 0 unspecified atom stereocenters. The van der Waals surface area contributed by atoms with Gasteiger partial charge in [0.05, 0.1) is 24.6 Å². The Labute approximate surface area is 142 Å². The topological polar surface area (TPSA) is 105 Å². The van der Waals surface area contributed by atoms with Crippen molar-refractivity contribution >= 4 is 30.0 Å². The quantitative estimate of drug-likeness (QED) is 0.598. The number of ether oxygens (including phenoxy) is 1. The SMILES string of the molecule is COc1ccc2c(Nc3ccc(CP(=O)(O)O)cc3F)ccnc2n1. The summed E-state index contributed by atoms with van der Waals surface area (Å²) in [7, 11) is -2.74. The first kappa shape index (κ1) is 17.3. The lowest BCUT2D eigenvalue weighted by atomic mass is 10.2. The second-order valence-electron chi connectivity index (χ2n) is 5.35. The average Bonchev–Trinajstić information content (AvgIpc) is 2.55. The number of nitrogens with zero attached hydrogens (tertiary/aromatic N) is 2. The molecule has 0 aliphatic heterocycles. The van der Waals surface area contributed by atoms with E-state index >= 15 is 0 Å². The average molecular weight is 363 g/mol. The normalized spacial score (nSPS) is 11.5. The first-order valence-electron chi connectivity index (χ1n) is 7.25. The molecule has 0 radical (unpaired) electrons. The molecule has 0 aliphatic carbocycles. The molecular formula is C16H15FN3O4P. The number of anilines is 2. The Balaban J connectivity index is 1.92. The van der Waals surface area contributed by atoms with E-state index in [1.807, 2.05) is 0 Å². The van der Waals surface area contributed by atoms with Crippen LogP contribution in [0.5, 0.6) is 5.88 Å². The molecule has 9 heteroatoms. The monoisotopic (exact) mass is 363 g/mol. The number of aromatic nitrogens is 2. The fourth-order valence-corrected chi connectivity index (χ4v) is 3.05. The van der Waals surface area contributed by atoms with E-state index in [0.29, 0.717) is 22.6 Å². The third-order valence-electron chi connectivity index (χ3n) is 3.48. The molecule has 0 amide bonds. The number of methoxy groups -OCH3 is 1. The molecule has 0 bridgehead atoms. The first-order chi connectivity index (χ1) is 11.9. The van der Waals surface area contributed by atoms with Gasteiger partial charge >= 0.3 is 7.60 Å². The summed E-state index contributed by atoms with van der Waals surface area (Å²) in [5.41, 5.74) is 1.45. The molecule has 0 atom stereocenters. The fourth-order valence-electron chi connectivity index (χ4n) is 2.38. The van der Waals surface area contributed by atoms with Crippen LogP contribution in [0.4, 0.5) is 15.8 Å². The van der Waals surface area contributed by atoms with E-state index in [1.165, 1.54) is 25.4 Å². The van der Waals surface area contributed by atoms with Gasteiger partial charge in [-0.15, -0.1) is 0 Å². The lowest BCUT2D eigenvalue weighted by molar-refractivity contribution is 0.371. The highest BCUT2D eigenvalue weighted by Gasteiger charge is 2.15. The van der Waals surface area contributed by atoms with Gasteiger partial charge in [0, 0.05) is 17.6 Å². The molecule has 2 aromatic heterocycles. The lowest BCUT2D eigenvalue weighted by Gasteiger charge is -2.12.